The van der Waals surface area contributed by atoms with Gasteiger partial charge in [-0.05, 0) is 44.2 Å². The van der Waals surface area contributed by atoms with Gasteiger partial charge in [0.2, 0.25) is 10.0 Å². The van der Waals surface area contributed by atoms with Gasteiger partial charge in [-0.3, -0.25) is 4.72 Å². The van der Waals surface area contributed by atoms with Crippen molar-refractivity contribution in [2.24, 2.45) is 0 Å². The number of aromatic amines is 1. The summed E-state index contributed by atoms with van der Waals surface area (Å²) in [5, 5.41) is 1.18. The fourth-order valence-corrected chi connectivity index (χ4v) is 5.12. The van der Waals surface area contributed by atoms with Gasteiger partial charge in [0.1, 0.15) is 0 Å². The molecule has 0 radical (unpaired) electrons. The van der Waals surface area contributed by atoms with Gasteiger partial charge >= 0.3 is 0 Å². The molecule has 1 heterocycles. The summed E-state index contributed by atoms with van der Waals surface area (Å²) in [5.74, 6) is 0. The molecular formula is C17H18ClN3O4S2. The Kier molecular flexibility index (Phi) is 5.22. The average Bonchev–Trinajstić information content (AvgIpc) is 2.96. The zero-order valence-electron chi connectivity index (χ0n) is 14.5. The van der Waals surface area contributed by atoms with Gasteiger partial charge in [-0.1, -0.05) is 23.7 Å². The van der Waals surface area contributed by atoms with Crippen molar-refractivity contribution in [3.8, 4) is 0 Å². The number of rotatable bonds is 6. The first-order valence-corrected chi connectivity index (χ1v) is 11.4. The van der Waals surface area contributed by atoms with Crippen molar-refractivity contribution < 1.29 is 16.8 Å². The van der Waals surface area contributed by atoms with E-state index in [9.17, 15) is 16.8 Å². The maximum absolute atomic E-state index is 12.7. The normalized spacial score (nSPS) is 12.6. The Bertz CT molecular complexity index is 1180. The van der Waals surface area contributed by atoms with Crippen molar-refractivity contribution in [2.75, 3.05) is 4.72 Å². The SMILES string of the molecule is CC(C)NS(=O)(=O)c1ccc(S(=O)(=O)Nc2cccc3c(Cl)c[nH]c23)cc1. The van der Waals surface area contributed by atoms with Crippen LogP contribution in [0.1, 0.15) is 13.8 Å². The third-order valence-corrected chi connectivity index (χ3v) is 7.11. The molecule has 0 saturated heterocycles. The summed E-state index contributed by atoms with van der Waals surface area (Å²) in [5.41, 5.74) is 0.906. The number of para-hydroxylation sites is 1. The van der Waals surface area contributed by atoms with Crippen LogP contribution in [0.2, 0.25) is 5.02 Å². The van der Waals surface area contributed by atoms with Gasteiger partial charge in [0.05, 0.1) is 26.0 Å². The van der Waals surface area contributed by atoms with E-state index in [0.717, 1.165) is 0 Å². The van der Waals surface area contributed by atoms with Crippen LogP contribution in [-0.2, 0) is 20.0 Å². The molecule has 10 heteroatoms. The van der Waals surface area contributed by atoms with Crippen molar-refractivity contribution in [1.82, 2.24) is 9.71 Å². The number of hydrogen-bond donors (Lipinski definition) is 3. The second-order valence-corrected chi connectivity index (χ2v) is 10.0. The molecule has 0 saturated carbocycles. The number of benzene rings is 2. The molecule has 0 spiro atoms. The molecule has 0 bridgehead atoms. The summed E-state index contributed by atoms with van der Waals surface area (Å²) in [6.45, 7) is 3.40. The summed E-state index contributed by atoms with van der Waals surface area (Å²) in [4.78, 5) is 2.87. The Morgan fingerprint density at radius 3 is 2.11 bits per heavy atom. The number of hydrogen-bond acceptors (Lipinski definition) is 4. The van der Waals surface area contributed by atoms with Gasteiger partial charge in [-0.25, -0.2) is 21.6 Å². The van der Waals surface area contributed by atoms with Crippen molar-refractivity contribution in [1.29, 1.82) is 0 Å². The minimum atomic E-state index is -3.91. The average molecular weight is 428 g/mol. The Hall–Kier alpha value is -2.07. The van der Waals surface area contributed by atoms with Crippen LogP contribution in [0.25, 0.3) is 10.9 Å². The molecule has 27 heavy (non-hydrogen) atoms. The van der Waals surface area contributed by atoms with E-state index in [1.54, 1.807) is 38.2 Å². The van der Waals surface area contributed by atoms with Crippen LogP contribution in [-0.4, -0.2) is 27.9 Å². The van der Waals surface area contributed by atoms with Gasteiger partial charge in [0, 0.05) is 17.6 Å². The Labute approximate surface area is 162 Å². The molecule has 0 unspecified atom stereocenters. The van der Waals surface area contributed by atoms with Crippen LogP contribution in [0.5, 0.6) is 0 Å². The highest BCUT2D eigenvalue weighted by atomic mass is 35.5. The van der Waals surface area contributed by atoms with Gasteiger partial charge < -0.3 is 4.98 Å². The quantitative estimate of drug-likeness (QED) is 0.560. The van der Waals surface area contributed by atoms with E-state index in [2.05, 4.69) is 14.4 Å². The Balaban J connectivity index is 1.91. The van der Waals surface area contributed by atoms with Crippen LogP contribution < -0.4 is 9.44 Å². The number of halogens is 1. The van der Waals surface area contributed by atoms with Crippen LogP contribution in [0.4, 0.5) is 5.69 Å². The predicted molar refractivity (Wildman–Crippen MR) is 106 cm³/mol. The van der Waals surface area contributed by atoms with E-state index >= 15 is 0 Å². The maximum Gasteiger partial charge on any atom is 0.261 e. The van der Waals surface area contributed by atoms with E-state index in [1.165, 1.54) is 24.3 Å². The minimum Gasteiger partial charge on any atom is -0.358 e. The molecule has 1 aromatic heterocycles. The van der Waals surface area contributed by atoms with Crippen molar-refractivity contribution in [2.45, 2.75) is 29.7 Å². The summed E-state index contributed by atoms with van der Waals surface area (Å²) >= 11 is 6.06. The topological polar surface area (TPSA) is 108 Å². The summed E-state index contributed by atoms with van der Waals surface area (Å²) < 4.78 is 54.6. The van der Waals surface area contributed by atoms with E-state index in [0.29, 0.717) is 21.6 Å². The third kappa shape index (κ3) is 4.11. The van der Waals surface area contributed by atoms with Crippen LogP contribution in [0, 0.1) is 0 Å². The lowest BCUT2D eigenvalue weighted by atomic mass is 10.2. The Morgan fingerprint density at radius 1 is 0.926 bits per heavy atom. The molecule has 2 aromatic carbocycles. The monoisotopic (exact) mass is 427 g/mol. The van der Waals surface area contributed by atoms with E-state index in [1.807, 2.05) is 0 Å². The smallest absolute Gasteiger partial charge is 0.261 e. The van der Waals surface area contributed by atoms with Gasteiger partial charge in [-0.2, -0.15) is 0 Å². The summed E-state index contributed by atoms with van der Waals surface area (Å²) in [6, 6.07) is 9.81. The molecule has 0 atom stereocenters. The van der Waals surface area contributed by atoms with Crippen LogP contribution in [0.3, 0.4) is 0 Å². The zero-order valence-corrected chi connectivity index (χ0v) is 16.9. The second kappa shape index (κ2) is 7.16. The van der Waals surface area contributed by atoms with Gasteiger partial charge in [-0.15, -0.1) is 0 Å². The van der Waals surface area contributed by atoms with E-state index < -0.39 is 20.0 Å². The Morgan fingerprint density at radius 2 is 1.52 bits per heavy atom. The van der Waals surface area contributed by atoms with Gasteiger partial charge in [0.25, 0.3) is 10.0 Å². The molecule has 3 aromatic rings. The summed E-state index contributed by atoms with van der Waals surface area (Å²) in [6.07, 6.45) is 1.57. The number of anilines is 1. The molecule has 0 aliphatic heterocycles. The number of sulfonamides is 2. The molecule has 3 rings (SSSR count). The molecule has 7 nitrogen and oxygen atoms in total. The zero-order chi connectivity index (χ0) is 19.8. The third-order valence-electron chi connectivity index (χ3n) is 3.74. The van der Waals surface area contributed by atoms with Crippen molar-refractivity contribution in [3.05, 3.63) is 53.7 Å². The molecule has 144 valence electrons. The van der Waals surface area contributed by atoms with E-state index in [4.69, 9.17) is 11.6 Å². The number of fused-ring (bicyclic) bond motifs is 1. The standard InChI is InChI=1S/C17H18ClN3O4S2/c1-11(2)20-26(22,23)12-6-8-13(9-7-12)27(24,25)21-16-5-3-4-14-15(18)10-19-17(14)16/h3-11,19-21H,1-2H3. The lowest BCUT2D eigenvalue weighted by Gasteiger charge is -2.11. The highest BCUT2D eigenvalue weighted by Crippen LogP contribution is 2.30. The minimum absolute atomic E-state index is 0.00611. The fraction of sp³-hybridized carbons (Fsp3) is 0.176. The fourth-order valence-electron chi connectivity index (χ4n) is 2.59. The van der Waals surface area contributed by atoms with Gasteiger partial charge in [0.15, 0.2) is 0 Å². The first kappa shape index (κ1) is 19.7. The predicted octanol–water partition coefficient (Wildman–Crippen LogP) is 3.31. The molecule has 0 amide bonds. The first-order chi connectivity index (χ1) is 12.6. The lowest BCUT2D eigenvalue weighted by molar-refractivity contribution is 0.569. The number of H-pyrrole nitrogens is 1. The maximum atomic E-state index is 12.7. The number of nitrogens with one attached hydrogen (secondary N) is 3. The summed E-state index contributed by atoms with van der Waals surface area (Å²) in [7, 11) is -7.60. The lowest BCUT2D eigenvalue weighted by Crippen LogP contribution is -2.30. The van der Waals surface area contributed by atoms with Crippen molar-refractivity contribution >= 4 is 48.2 Å². The van der Waals surface area contributed by atoms with Crippen LogP contribution in [0.15, 0.2) is 58.5 Å². The highest BCUT2D eigenvalue weighted by Gasteiger charge is 2.19. The largest absolute Gasteiger partial charge is 0.358 e. The molecule has 0 aliphatic rings. The first-order valence-electron chi connectivity index (χ1n) is 8.01. The highest BCUT2D eigenvalue weighted by molar-refractivity contribution is 7.92. The molecule has 0 fully saturated rings. The van der Waals surface area contributed by atoms with Crippen LogP contribution >= 0.6 is 11.6 Å². The van der Waals surface area contributed by atoms with E-state index in [-0.39, 0.29) is 15.8 Å². The molecular weight excluding hydrogens is 410 g/mol. The number of aromatic nitrogens is 1. The van der Waals surface area contributed by atoms with Crippen molar-refractivity contribution in [3.63, 3.8) is 0 Å². The second-order valence-electron chi connectivity index (χ2n) is 6.22. The molecule has 3 N–H and O–H groups in total. The molecule has 0 aliphatic carbocycles.